The van der Waals surface area contributed by atoms with Crippen molar-refractivity contribution in [3.8, 4) is 6.07 Å². The lowest BCUT2D eigenvalue weighted by molar-refractivity contribution is -0.132. The smallest absolute Gasteiger partial charge is 0.239 e. The molecule has 0 saturated carbocycles. The van der Waals surface area contributed by atoms with E-state index in [0.717, 1.165) is 19.4 Å². The number of hydrogen-bond donors (Lipinski definition) is 1. The molecule has 84 valence electrons. The minimum Gasteiger partial charge on any atom is -0.396 e. The number of nitriles is 1. The quantitative estimate of drug-likeness (QED) is 0.745. The van der Waals surface area contributed by atoms with E-state index >= 15 is 0 Å². The van der Waals surface area contributed by atoms with Crippen molar-refractivity contribution in [2.24, 2.45) is 11.8 Å². The Bertz CT molecular complexity index is 260. The van der Waals surface area contributed by atoms with Crippen molar-refractivity contribution in [3.05, 3.63) is 0 Å². The van der Waals surface area contributed by atoms with E-state index in [9.17, 15) is 4.79 Å². The van der Waals surface area contributed by atoms with Crippen molar-refractivity contribution in [1.82, 2.24) is 4.90 Å². The molecule has 0 aliphatic carbocycles. The number of carbonyl (C=O) groups excluding carboxylic acids is 1. The minimum absolute atomic E-state index is 0.0413. The first-order valence-corrected chi connectivity index (χ1v) is 5.52. The number of aliphatic hydroxyl groups is 1. The lowest BCUT2D eigenvalue weighted by Gasteiger charge is -2.18. The first kappa shape index (κ1) is 12.0. The van der Waals surface area contributed by atoms with E-state index in [4.69, 9.17) is 10.4 Å². The molecule has 1 fully saturated rings. The Morgan fingerprint density at radius 2 is 2.47 bits per heavy atom. The summed E-state index contributed by atoms with van der Waals surface area (Å²) in [4.78, 5) is 13.6. The maximum atomic E-state index is 11.8. The van der Waals surface area contributed by atoms with E-state index in [1.165, 1.54) is 0 Å². The molecule has 4 nitrogen and oxygen atoms in total. The number of carbonyl (C=O) groups is 1. The number of rotatable bonds is 4. The van der Waals surface area contributed by atoms with Crippen molar-refractivity contribution >= 4 is 5.91 Å². The monoisotopic (exact) mass is 210 g/mol. The molecule has 1 saturated heterocycles. The molecule has 1 N–H and O–H groups in total. The fourth-order valence-corrected chi connectivity index (χ4v) is 1.99. The number of likely N-dealkylation sites (tertiary alicyclic amines) is 1. The second-order valence-electron chi connectivity index (χ2n) is 4.04. The molecule has 1 rings (SSSR count). The number of hydrogen-bond acceptors (Lipinski definition) is 3. The number of amides is 1. The summed E-state index contributed by atoms with van der Waals surface area (Å²) in [7, 11) is 0. The third-order valence-corrected chi connectivity index (χ3v) is 3.00. The van der Waals surface area contributed by atoms with Crippen molar-refractivity contribution in [2.45, 2.75) is 26.2 Å². The van der Waals surface area contributed by atoms with Crippen LogP contribution in [0.5, 0.6) is 0 Å². The molecule has 1 aliphatic heterocycles. The Labute approximate surface area is 90.5 Å². The van der Waals surface area contributed by atoms with Gasteiger partial charge in [-0.25, -0.2) is 0 Å². The van der Waals surface area contributed by atoms with Gasteiger partial charge in [0.15, 0.2) is 0 Å². The van der Waals surface area contributed by atoms with Gasteiger partial charge in [-0.3, -0.25) is 4.79 Å². The summed E-state index contributed by atoms with van der Waals surface area (Å²) in [6.45, 7) is 3.48. The van der Waals surface area contributed by atoms with Crippen molar-refractivity contribution < 1.29 is 9.90 Å². The first-order chi connectivity index (χ1) is 7.22. The number of aliphatic hydroxyl groups excluding tert-OH is 1. The Morgan fingerprint density at radius 1 is 1.73 bits per heavy atom. The first-order valence-electron chi connectivity index (χ1n) is 5.52. The van der Waals surface area contributed by atoms with Gasteiger partial charge in [0.05, 0.1) is 6.07 Å². The maximum absolute atomic E-state index is 11.8. The molecule has 1 aliphatic rings. The van der Waals surface area contributed by atoms with Gasteiger partial charge in [0.2, 0.25) is 5.91 Å². The fourth-order valence-electron chi connectivity index (χ4n) is 1.99. The highest BCUT2D eigenvalue weighted by Crippen LogP contribution is 2.21. The van der Waals surface area contributed by atoms with Gasteiger partial charge < -0.3 is 10.0 Å². The summed E-state index contributed by atoms with van der Waals surface area (Å²) < 4.78 is 0. The molecule has 2 atom stereocenters. The minimum atomic E-state index is -0.488. The van der Waals surface area contributed by atoms with Crippen molar-refractivity contribution in [1.29, 1.82) is 5.26 Å². The highest BCUT2D eigenvalue weighted by atomic mass is 16.3. The predicted molar refractivity (Wildman–Crippen MR) is 55.8 cm³/mol. The van der Waals surface area contributed by atoms with Crippen LogP contribution in [0.1, 0.15) is 26.2 Å². The Morgan fingerprint density at radius 3 is 3.00 bits per heavy atom. The van der Waals surface area contributed by atoms with Gasteiger partial charge in [-0.05, 0) is 25.2 Å². The Kier molecular flexibility index (Phi) is 4.57. The van der Waals surface area contributed by atoms with Crippen LogP contribution in [-0.4, -0.2) is 35.6 Å². The summed E-state index contributed by atoms with van der Waals surface area (Å²) >= 11 is 0. The Balaban J connectivity index is 2.46. The molecule has 0 aromatic heterocycles. The van der Waals surface area contributed by atoms with E-state index in [1.54, 1.807) is 4.90 Å². The predicted octanol–water partition coefficient (Wildman–Crippen LogP) is 0.767. The average Bonchev–Trinajstić information content (AvgIpc) is 2.68. The van der Waals surface area contributed by atoms with Gasteiger partial charge in [-0.1, -0.05) is 6.92 Å². The molecule has 4 heteroatoms. The van der Waals surface area contributed by atoms with Crippen LogP contribution in [0.15, 0.2) is 0 Å². The summed E-state index contributed by atoms with van der Waals surface area (Å²) in [6, 6.07) is 2.03. The zero-order valence-corrected chi connectivity index (χ0v) is 9.15. The van der Waals surface area contributed by atoms with Crippen LogP contribution in [0.2, 0.25) is 0 Å². The molecule has 0 radical (unpaired) electrons. The molecule has 2 unspecified atom stereocenters. The summed E-state index contributed by atoms with van der Waals surface area (Å²) in [5.41, 5.74) is 0. The van der Waals surface area contributed by atoms with Crippen LogP contribution < -0.4 is 0 Å². The number of nitrogens with zero attached hydrogens (tertiary/aromatic N) is 2. The second kappa shape index (κ2) is 5.72. The maximum Gasteiger partial charge on any atom is 0.239 e. The zero-order valence-electron chi connectivity index (χ0n) is 9.15. The SMILES string of the molecule is CCC(C#N)C(=O)N1CCC(CCO)C1. The highest BCUT2D eigenvalue weighted by Gasteiger charge is 2.29. The highest BCUT2D eigenvalue weighted by molar-refractivity contribution is 5.81. The van der Waals surface area contributed by atoms with E-state index in [0.29, 0.717) is 18.9 Å². The van der Waals surface area contributed by atoms with Gasteiger partial charge in [-0.15, -0.1) is 0 Å². The van der Waals surface area contributed by atoms with E-state index in [1.807, 2.05) is 13.0 Å². The third-order valence-electron chi connectivity index (χ3n) is 3.00. The molecular formula is C11H18N2O2. The third kappa shape index (κ3) is 2.93. The van der Waals surface area contributed by atoms with Crippen LogP contribution in [0.3, 0.4) is 0 Å². The van der Waals surface area contributed by atoms with E-state index in [-0.39, 0.29) is 12.5 Å². The summed E-state index contributed by atoms with van der Waals surface area (Å²) in [5, 5.41) is 17.6. The standard InChI is InChI=1S/C11H18N2O2/c1-2-10(7-12)11(15)13-5-3-9(8-13)4-6-14/h9-10,14H,2-6,8H2,1H3. The van der Waals surface area contributed by atoms with Crippen LogP contribution >= 0.6 is 0 Å². The van der Waals surface area contributed by atoms with Crippen LogP contribution in [0, 0.1) is 23.2 Å². The lowest BCUT2D eigenvalue weighted by Crippen LogP contribution is -2.33. The second-order valence-corrected chi connectivity index (χ2v) is 4.04. The van der Waals surface area contributed by atoms with E-state index in [2.05, 4.69) is 0 Å². The van der Waals surface area contributed by atoms with E-state index < -0.39 is 5.92 Å². The largest absolute Gasteiger partial charge is 0.396 e. The molecule has 15 heavy (non-hydrogen) atoms. The van der Waals surface area contributed by atoms with Crippen molar-refractivity contribution in [2.75, 3.05) is 19.7 Å². The average molecular weight is 210 g/mol. The summed E-state index contributed by atoms with van der Waals surface area (Å²) in [6.07, 6.45) is 2.29. The molecule has 0 spiro atoms. The van der Waals surface area contributed by atoms with Gasteiger partial charge in [0.1, 0.15) is 5.92 Å². The van der Waals surface area contributed by atoms with Crippen LogP contribution in [0.25, 0.3) is 0 Å². The van der Waals surface area contributed by atoms with Gasteiger partial charge in [0.25, 0.3) is 0 Å². The molecule has 0 aromatic carbocycles. The van der Waals surface area contributed by atoms with Crippen LogP contribution in [-0.2, 0) is 4.79 Å². The molecule has 0 bridgehead atoms. The van der Waals surface area contributed by atoms with Crippen molar-refractivity contribution in [3.63, 3.8) is 0 Å². The van der Waals surface area contributed by atoms with Gasteiger partial charge >= 0.3 is 0 Å². The normalized spacial score (nSPS) is 22.5. The topological polar surface area (TPSA) is 64.3 Å². The van der Waals surface area contributed by atoms with Gasteiger partial charge in [-0.2, -0.15) is 5.26 Å². The summed E-state index contributed by atoms with van der Waals surface area (Å²) in [5.74, 6) is -0.117. The van der Waals surface area contributed by atoms with Crippen LogP contribution in [0.4, 0.5) is 0 Å². The fraction of sp³-hybridized carbons (Fsp3) is 0.818. The Hall–Kier alpha value is -1.08. The molecule has 1 heterocycles. The molecule has 1 amide bonds. The zero-order chi connectivity index (χ0) is 11.3. The molecular weight excluding hydrogens is 192 g/mol. The molecule has 0 aromatic rings. The van der Waals surface area contributed by atoms with Gasteiger partial charge in [0, 0.05) is 19.7 Å². The lowest BCUT2D eigenvalue weighted by atomic mass is 10.1.